The molecule has 0 atom stereocenters. The Bertz CT molecular complexity index is 1460. The summed E-state index contributed by atoms with van der Waals surface area (Å²) in [6, 6.07) is 24.9. The molecule has 3 heteroatoms. The second-order valence-corrected chi connectivity index (χ2v) is 10.5. The largest absolute Gasteiger partial charge is 0.298 e. The Hall–Kier alpha value is -3.85. The molecule has 0 unspecified atom stereocenters. The number of benzene rings is 3. The number of para-hydroxylation sites is 2. The summed E-state index contributed by atoms with van der Waals surface area (Å²) in [7, 11) is 2.14. The second-order valence-electron chi connectivity index (χ2n) is 10.5. The Labute approximate surface area is 208 Å². The molecule has 0 saturated heterocycles. The molecule has 174 valence electrons. The molecule has 0 amide bonds. The van der Waals surface area contributed by atoms with Crippen molar-refractivity contribution < 1.29 is 13.9 Å². The fourth-order valence-electron chi connectivity index (χ4n) is 5.62. The van der Waals surface area contributed by atoms with Gasteiger partial charge in [-0.2, -0.15) is 9.15 Å². The van der Waals surface area contributed by atoms with Gasteiger partial charge in [0, 0.05) is 41.0 Å². The minimum absolute atomic E-state index is 0.143. The van der Waals surface area contributed by atoms with Crippen molar-refractivity contribution in [2.24, 2.45) is 0 Å². The number of rotatable bonds is 4. The number of hydrogen-bond donors (Lipinski definition) is 0. The van der Waals surface area contributed by atoms with Crippen molar-refractivity contribution in [3.05, 3.63) is 113 Å². The van der Waals surface area contributed by atoms with Crippen LogP contribution in [0.3, 0.4) is 0 Å². The number of aldehydes is 1. The Morgan fingerprint density at radius 1 is 0.800 bits per heavy atom. The Kier molecular flexibility index (Phi) is 5.32. The molecule has 0 spiro atoms. The third-order valence-electron chi connectivity index (χ3n) is 7.70. The minimum Gasteiger partial charge on any atom is -0.298 e. The smallest absolute Gasteiger partial charge is 0.214 e. The average molecular weight is 461 g/mol. The van der Waals surface area contributed by atoms with Crippen molar-refractivity contribution in [3.8, 4) is 0 Å². The van der Waals surface area contributed by atoms with Gasteiger partial charge in [-0.3, -0.25) is 4.79 Å². The van der Waals surface area contributed by atoms with Gasteiger partial charge in [0.05, 0.1) is 10.8 Å². The zero-order valence-corrected chi connectivity index (χ0v) is 21.2. The van der Waals surface area contributed by atoms with E-state index in [-0.39, 0.29) is 10.8 Å². The number of carbonyl (C=O) groups is 1. The SMILES string of the molecule is C=[N+]1C(=CC(=CC2=[N+](C)c3ccccc3C2(C)C)c2ccc(C=O)cc2)C(C)(C)c2ccccc21. The van der Waals surface area contributed by atoms with Crippen LogP contribution in [0.15, 0.2) is 90.6 Å². The van der Waals surface area contributed by atoms with E-state index in [0.29, 0.717) is 5.56 Å². The summed E-state index contributed by atoms with van der Waals surface area (Å²) >= 11 is 0. The molecule has 0 N–H and O–H groups in total. The van der Waals surface area contributed by atoms with E-state index >= 15 is 0 Å². The highest BCUT2D eigenvalue weighted by Crippen LogP contribution is 2.47. The molecule has 0 bridgehead atoms. The first-order valence-corrected chi connectivity index (χ1v) is 12.1. The van der Waals surface area contributed by atoms with Gasteiger partial charge < -0.3 is 0 Å². The predicted octanol–water partition coefficient (Wildman–Crippen LogP) is 6.81. The van der Waals surface area contributed by atoms with Crippen LogP contribution in [0, 0.1) is 0 Å². The van der Waals surface area contributed by atoms with Crippen LogP contribution in [0.25, 0.3) is 5.57 Å². The van der Waals surface area contributed by atoms with Crippen molar-refractivity contribution >= 4 is 35.7 Å². The maximum atomic E-state index is 11.3. The lowest BCUT2D eigenvalue weighted by molar-refractivity contribution is -0.401. The second kappa shape index (κ2) is 8.13. The van der Waals surface area contributed by atoms with Crippen molar-refractivity contribution in [3.63, 3.8) is 0 Å². The Morgan fingerprint density at radius 3 is 1.94 bits per heavy atom. The quantitative estimate of drug-likeness (QED) is 0.310. The molecule has 35 heavy (non-hydrogen) atoms. The standard InChI is InChI=1S/C32H32N2O/c1-31(2)25-11-7-9-13-27(25)33(5)29(31)19-24(23-17-15-22(21-35)16-18-23)20-30-32(3,4)26-12-8-10-14-28(26)34(30)6/h7-21H,5H2,1-4,6H3/q+2. The summed E-state index contributed by atoms with van der Waals surface area (Å²) < 4.78 is 4.36. The first-order valence-electron chi connectivity index (χ1n) is 12.1. The monoisotopic (exact) mass is 460 g/mol. The average Bonchev–Trinajstić information content (AvgIpc) is 3.18. The van der Waals surface area contributed by atoms with E-state index in [1.165, 1.54) is 22.5 Å². The normalized spacial score (nSPS) is 19.2. The molecule has 0 saturated carbocycles. The molecule has 2 aliphatic rings. The highest BCUT2D eigenvalue weighted by atomic mass is 16.1. The summed E-state index contributed by atoms with van der Waals surface area (Å²) in [4.78, 5) is 11.3. The number of carbonyl (C=O) groups excluding carboxylic acids is 1. The summed E-state index contributed by atoms with van der Waals surface area (Å²) in [5, 5.41) is 0. The third-order valence-corrected chi connectivity index (χ3v) is 7.70. The zero-order chi connectivity index (χ0) is 25.0. The number of hydrogen-bond acceptors (Lipinski definition) is 1. The van der Waals surface area contributed by atoms with Gasteiger partial charge in [0.25, 0.3) is 0 Å². The van der Waals surface area contributed by atoms with Crippen LogP contribution < -0.4 is 0 Å². The Morgan fingerprint density at radius 2 is 1.37 bits per heavy atom. The third kappa shape index (κ3) is 3.54. The first kappa shape index (κ1) is 22.9. The summed E-state index contributed by atoms with van der Waals surface area (Å²) in [6.07, 6.45) is 5.46. The number of fused-ring (bicyclic) bond motifs is 2. The summed E-state index contributed by atoms with van der Waals surface area (Å²) in [5.74, 6) is 0. The van der Waals surface area contributed by atoms with E-state index in [9.17, 15) is 4.79 Å². The van der Waals surface area contributed by atoms with Crippen LogP contribution >= 0.6 is 0 Å². The van der Waals surface area contributed by atoms with Gasteiger partial charge in [0.15, 0.2) is 11.4 Å². The predicted molar refractivity (Wildman–Crippen MR) is 145 cm³/mol. The van der Waals surface area contributed by atoms with E-state index in [1.807, 2.05) is 24.3 Å². The van der Waals surface area contributed by atoms with Gasteiger partial charge in [-0.1, -0.05) is 60.7 Å². The van der Waals surface area contributed by atoms with Gasteiger partial charge in [0.2, 0.25) is 11.4 Å². The van der Waals surface area contributed by atoms with Crippen molar-refractivity contribution in [2.45, 2.75) is 38.5 Å². The summed E-state index contributed by atoms with van der Waals surface area (Å²) in [5.41, 5.74) is 9.84. The van der Waals surface area contributed by atoms with Crippen molar-refractivity contribution in [2.75, 3.05) is 7.05 Å². The van der Waals surface area contributed by atoms with E-state index in [0.717, 1.165) is 28.8 Å². The minimum atomic E-state index is -0.190. The molecular formula is C32H32N2O+2. The molecule has 0 radical (unpaired) electrons. The molecule has 0 fully saturated rings. The van der Waals surface area contributed by atoms with Gasteiger partial charge >= 0.3 is 0 Å². The molecule has 3 aromatic carbocycles. The van der Waals surface area contributed by atoms with Crippen LogP contribution in [0.4, 0.5) is 11.4 Å². The fraction of sp³-hybridized carbons (Fsp3) is 0.219. The highest BCUT2D eigenvalue weighted by molar-refractivity contribution is 6.08. The van der Waals surface area contributed by atoms with Crippen molar-refractivity contribution in [1.29, 1.82) is 0 Å². The number of allylic oxidation sites excluding steroid dienone is 4. The van der Waals surface area contributed by atoms with Gasteiger partial charge in [0.1, 0.15) is 20.1 Å². The van der Waals surface area contributed by atoms with Gasteiger partial charge in [-0.15, -0.1) is 0 Å². The maximum Gasteiger partial charge on any atom is 0.214 e. The van der Waals surface area contributed by atoms with E-state index in [2.05, 4.69) is 111 Å². The van der Waals surface area contributed by atoms with E-state index < -0.39 is 0 Å². The summed E-state index contributed by atoms with van der Waals surface area (Å²) in [6.45, 7) is 13.5. The molecule has 0 aromatic heterocycles. The lowest BCUT2D eigenvalue weighted by Crippen LogP contribution is -2.27. The molecule has 5 rings (SSSR count). The lowest BCUT2D eigenvalue weighted by atomic mass is 9.80. The molecule has 0 aliphatic carbocycles. The van der Waals surface area contributed by atoms with Gasteiger partial charge in [-0.25, -0.2) is 0 Å². The zero-order valence-electron chi connectivity index (χ0n) is 21.2. The van der Waals surface area contributed by atoms with Crippen LogP contribution in [-0.2, 0) is 10.8 Å². The number of nitrogens with zero attached hydrogens (tertiary/aromatic N) is 2. The van der Waals surface area contributed by atoms with Crippen molar-refractivity contribution in [1.82, 2.24) is 0 Å². The van der Waals surface area contributed by atoms with Gasteiger partial charge in [-0.05, 0) is 38.8 Å². The highest BCUT2D eigenvalue weighted by Gasteiger charge is 2.46. The van der Waals surface area contributed by atoms with Crippen LogP contribution in [-0.4, -0.2) is 34.9 Å². The first-order chi connectivity index (χ1) is 16.7. The molecular weight excluding hydrogens is 428 g/mol. The molecule has 3 nitrogen and oxygen atoms in total. The molecule has 2 aliphatic heterocycles. The van der Waals surface area contributed by atoms with Crippen LogP contribution in [0.1, 0.15) is 54.7 Å². The molecule has 3 aromatic rings. The Balaban J connectivity index is 1.72. The van der Waals surface area contributed by atoms with Crippen LogP contribution in [0.2, 0.25) is 0 Å². The molecule has 2 heterocycles. The topological polar surface area (TPSA) is 23.1 Å². The van der Waals surface area contributed by atoms with Crippen LogP contribution in [0.5, 0.6) is 0 Å². The maximum absolute atomic E-state index is 11.3. The van der Waals surface area contributed by atoms with E-state index in [4.69, 9.17) is 0 Å². The lowest BCUT2D eigenvalue weighted by Gasteiger charge is -2.18. The fourth-order valence-corrected chi connectivity index (χ4v) is 5.62. The van der Waals surface area contributed by atoms with E-state index in [1.54, 1.807) is 0 Å².